The monoisotopic (exact) mass is 369 g/mol. The molecule has 0 aromatic heterocycles. The molecule has 138 valence electrons. The third-order valence-corrected chi connectivity index (χ3v) is 5.48. The van der Waals surface area contributed by atoms with Gasteiger partial charge in [0, 0.05) is 25.2 Å². The molecule has 0 spiro atoms. The maximum atomic E-state index is 11.5. The van der Waals surface area contributed by atoms with Gasteiger partial charge in [0.25, 0.3) is 5.69 Å². The summed E-state index contributed by atoms with van der Waals surface area (Å²) in [6, 6.07) is 6.30. The maximum Gasteiger partial charge on any atom is 0.292 e. The van der Waals surface area contributed by atoms with Crippen molar-refractivity contribution in [1.82, 2.24) is 10.6 Å². The van der Waals surface area contributed by atoms with E-state index in [9.17, 15) is 18.5 Å². The molecule has 0 saturated carbocycles. The maximum absolute atomic E-state index is 11.5. The van der Waals surface area contributed by atoms with E-state index in [4.69, 9.17) is 0 Å². The van der Waals surface area contributed by atoms with Crippen molar-refractivity contribution in [2.75, 3.05) is 36.5 Å². The molecule has 0 amide bonds. The van der Waals surface area contributed by atoms with E-state index in [1.807, 2.05) is 6.92 Å². The van der Waals surface area contributed by atoms with Crippen molar-refractivity contribution < 1.29 is 13.3 Å². The fraction of sp³-hybridized carbons (Fsp3) is 0.533. The molecule has 1 aromatic rings. The third-order valence-electron chi connectivity index (χ3n) is 3.72. The molecule has 0 bridgehead atoms. The molecule has 1 unspecified atom stereocenters. The van der Waals surface area contributed by atoms with E-state index < -0.39 is 14.8 Å². The van der Waals surface area contributed by atoms with Gasteiger partial charge in [-0.1, -0.05) is 12.1 Å². The minimum absolute atomic E-state index is 0.0210. The van der Waals surface area contributed by atoms with Crippen molar-refractivity contribution in [2.24, 2.45) is 4.99 Å². The van der Waals surface area contributed by atoms with Crippen molar-refractivity contribution in [2.45, 2.75) is 19.4 Å². The zero-order chi connectivity index (χ0) is 18.3. The van der Waals surface area contributed by atoms with E-state index in [1.54, 1.807) is 18.2 Å². The number of guanidine groups is 1. The lowest BCUT2D eigenvalue weighted by molar-refractivity contribution is -0.384. The van der Waals surface area contributed by atoms with Crippen LogP contribution in [0.3, 0.4) is 0 Å². The lowest BCUT2D eigenvalue weighted by Gasteiger charge is -2.16. The summed E-state index contributed by atoms with van der Waals surface area (Å²) in [7, 11) is -2.95. The van der Waals surface area contributed by atoms with Crippen molar-refractivity contribution in [3.63, 3.8) is 0 Å². The highest BCUT2D eigenvalue weighted by atomic mass is 32.2. The van der Waals surface area contributed by atoms with Crippen LogP contribution in [0.5, 0.6) is 0 Å². The molecule has 0 aliphatic carbocycles. The Bertz CT molecular complexity index is 735. The number of aliphatic imine (C=N–C) groups is 1. The Morgan fingerprint density at radius 3 is 2.80 bits per heavy atom. The zero-order valence-corrected chi connectivity index (χ0v) is 14.9. The number of nitro benzene ring substituents is 1. The molecular weight excluding hydrogens is 346 g/mol. The van der Waals surface area contributed by atoms with Crippen molar-refractivity contribution in [1.29, 1.82) is 0 Å². The van der Waals surface area contributed by atoms with Gasteiger partial charge in [-0.2, -0.15) is 0 Å². The number of anilines is 1. The molecule has 3 N–H and O–H groups in total. The summed E-state index contributed by atoms with van der Waals surface area (Å²) >= 11 is 0. The van der Waals surface area contributed by atoms with Gasteiger partial charge in [0.1, 0.15) is 5.69 Å². The molecule has 1 aromatic carbocycles. The molecule has 0 radical (unpaired) electrons. The fourth-order valence-electron chi connectivity index (χ4n) is 2.56. The molecule has 9 nitrogen and oxygen atoms in total. The number of sulfone groups is 1. The minimum Gasteiger partial charge on any atom is -0.378 e. The van der Waals surface area contributed by atoms with Crippen LogP contribution in [0.1, 0.15) is 13.3 Å². The lowest BCUT2D eigenvalue weighted by Crippen LogP contribution is -2.44. The van der Waals surface area contributed by atoms with Crippen LogP contribution < -0.4 is 16.0 Å². The van der Waals surface area contributed by atoms with Gasteiger partial charge in [-0.25, -0.2) is 8.42 Å². The summed E-state index contributed by atoms with van der Waals surface area (Å²) < 4.78 is 23.0. The molecular formula is C15H23N5O4S. The van der Waals surface area contributed by atoms with E-state index in [2.05, 4.69) is 20.9 Å². The quantitative estimate of drug-likeness (QED) is 0.213. The third kappa shape index (κ3) is 5.89. The molecule has 1 fully saturated rings. The largest absolute Gasteiger partial charge is 0.378 e. The Balaban J connectivity index is 1.88. The van der Waals surface area contributed by atoms with Crippen LogP contribution in [0.15, 0.2) is 29.3 Å². The molecule has 25 heavy (non-hydrogen) atoms. The smallest absolute Gasteiger partial charge is 0.292 e. The van der Waals surface area contributed by atoms with E-state index in [0.29, 0.717) is 37.7 Å². The number of hydrogen-bond acceptors (Lipinski definition) is 6. The molecule has 1 aliphatic rings. The average molecular weight is 369 g/mol. The van der Waals surface area contributed by atoms with E-state index >= 15 is 0 Å². The Labute approximate surface area is 147 Å². The Hall–Kier alpha value is -2.36. The van der Waals surface area contributed by atoms with Crippen molar-refractivity contribution in [3.05, 3.63) is 34.4 Å². The molecule has 10 heteroatoms. The number of para-hydroxylation sites is 2. The van der Waals surface area contributed by atoms with E-state index in [1.165, 1.54) is 6.07 Å². The Kier molecular flexibility index (Phi) is 6.57. The summed E-state index contributed by atoms with van der Waals surface area (Å²) in [6.07, 6.45) is 0.571. The topological polar surface area (TPSA) is 126 Å². The van der Waals surface area contributed by atoms with Crippen molar-refractivity contribution >= 4 is 27.2 Å². The van der Waals surface area contributed by atoms with Crippen LogP contribution in [0, 0.1) is 10.1 Å². The molecule has 1 saturated heterocycles. The number of nitro groups is 1. The summed E-state index contributed by atoms with van der Waals surface area (Å²) in [4.78, 5) is 14.9. The lowest BCUT2D eigenvalue weighted by atomic mass is 10.2. The van der Waals surface area contributed by atoms with Crippen LogP contribution in [0.4, 0.5) is 11.4 Å². The average Bonchev–Trinajstić information content (AvgIpc) is 2.90. The van der Waals surface area contributed by atoms with Gasteiger partial charge in [0.2, 0.25) is 0 Å². The second-order valence-electron chi connectivity index (χ2n) is 5.71. The first-order valence-electron chi connectivity index (χ1n) is 8.14. The summed E-state index contributed by atoms with van der Waals surface area (Å²) in [6.45, 7) is 3.39. The van der Waals surface area contributed by atoms with Crippen LogP contribution in [0.25, 0.3) is 0 Å². The van der Waals surface area contributed by atoms with E-state index in [-0.39, 0.29) is 23.2 Å². The van der Waals surface area contributed by atoms with E-state index in [0.717, 1.165) is 0 Å². The number of rotatable bonds is 7. The van der Waals surface area contributed by atoms with Gasteiger partial charge in [-0.15, -0.1) is 0 Å². The van der Waals surface area contributed by atoms with Gasteiger partial charge in [-0.3, -0.25) is 15.1 Å². The minimum atomic E-state index is -2.95. The fourth-order valence-corrected chi connectivity index (χ4v) is 4.24. The van der Waals surface area contributed by atoms with Crippen LogP contribution in [-0.2, 0) is 9.84 Å². The first-order chi connectivity index (χ1) is 11.9. The van der Waals surface area contributed by atoms with Gasteiger partial charge in [0.15, 0.2) is 15.8 Å². The molecule has 1 atom stereocenters. The van der Waals surface area contributed by atoms with Gasteiger partial charge in [-0.05, 0) is 19.4 Å². The molecule has 1 aliphatic heterocycles. The summed E-state index contributed by atoms with van der Waals surface area (Å²) in [5, 5.41) is 20.2. The van der Waals surface area contributed by atoms with Gasteiger partial charge in [0.05, 0.1) is 23.0 Å². The Morgan fingerprint density at radius 2 is 2.16 bits per heavy atom. The zero-order valence-electron chi connectivity index (χ0n) is 14.1. The highest BCUT2D eigenvalue weighted by molar-refractivity contribution is 7.91. The standard InChI is InChI=1S/C15H23N5O4S/c1-2-16-15(19-12-7-10-25(23,24)11-12)18-9-8-17-13-5-3-4-6-14(13)20(21)22/h3-6,12,17H,2,7-11H2,1H3,(H2,16,18,19). The SMILES string of the molecule is CCNC(=NCCNc1ccccc1[N+](=O)[O-])NC1CCS(=O)(=O)C1. The Morgan fingerprint density at radius 1 is 1.40 bits per heavy atom. The normalized spacial score (nSPS) is 19.4. The number of nitrogens with one attached hydrogen (secondary N) is 3. The number of nitrogens with zero attached hydrogens (tertiary/aromatic N) is 2. The van der Waals surface area contributed by atoms with Crippen LogP contribution in [-0.4, -0.2) is 56.5 Å². The highest BCUT2D eigenvalue weighted by Crippen LogP contribution is 2.22. The summed E-state index contributed by atoms with van der Waals surface area (Å²) in [5.74, 6) is 0.865. The van der Waals surface area contributed by atoms with Gasteiger partial charge >= 0.3 is 0 Å². The second kappa shape index (κ2) is 8.65. The first-order valence-corrected chi connectivity index (χ1v) is 9.96. The van der Waals surface area contributed by atoms with Crippen LogP contribution >= 0.6 is 0 Å². The number of benzene rings is 1. The van der Waals surface area contributed by atoms with Crippen LogP contribution in [0.2, 0.25) is 0 Å². The number of hydrogen-bond donors (Lipinski definition) is 3. The summed E-state index contributed by atoms with van der Waals surface area (Å²) in [5.41, 5.74) is 0.468. The second-order valence-corrected chi connectivity index (χ2v) is 7.93. The molecule has 2 rings (SSSR count). The van der Waals surface area contributed by atoms with Crippen molar-refractivity contribution in [3.8, 4) is 0 Å². The molecule has 1 heterocycles. The highest BCUT2D eigenvalue weighted by Gasteiger charge is 2.28. The predicted molar refractivity (Wildman–Crippen MR) is 97.8 cm³/mol. The predicted octanol–water partition coefficient (Wildman–Crippen LogP) is 0.749. The van der Waals surface area contributed by atoms with Gasteiger partial charge < -0.3 is 16.0 Å². The first kappa shape index (κ1) is 19.0.